The number of unbranched alkanes of at least 4 members (excludes halogenated alkanes) is 3. The van der Waals surface area contributed by atoms with Crippen LogP contribution < -0.4 is 5.46 Å². The van der Waals surface area contributed by atoms with Crippen LogP contribution in [0.15, 0.2) is 66.7 Å². The van der Waals surface area contributed by atoms with Crippen LogP contribution in [0.2, 0.25) is 0 Å². The Hall–Kier alpha value is -2.32. The van der Waals surface area contributed by atoms with Crippen molar-refractivity contribution < 1.29 is 0 Å². The van der Waals surface area contributed by atoms with E-state index >= 15 is 0 Å². The van der Waals surface area contributed by atoms with Crippen LogP contribution in [0.3, 0.4) is 0 Å². The average Bonchev–Trinajstić information content (AvgIpc) is 2.82. The van der Waals surface area contributed by atoms with E-state index in [1.165, 1.54) is 95.9 Å². The van der Waals surface area contributed by atoms with Crippen LogP contribution in [0, 0.1) is 0 Å². The third-order valence-electron chi connectivity index (χ3n) is 6.42. The fourth-order valence-corrected chi connectivity index (χ4v) is 4.47. The van der Waals surface area contributed by atoms with Crippen molar-refractivity contribution in [1.82, 2.24) is 4.90 Å². The molecule has 0 heterocycles. The zero-order valence-electron chi connectivity index (χ0n) is 20.7. The molecule has 0 aromatic heterocycles. The van der Waals surface area contributed by atoms with Gasteiger partial charge in [-0.1, -0.05) is 100 Å². The van der Waals surface area contributed by atoms with Crippen molar-refractivity contribution in [3.05, 3.63) is 66.7 Å². The van der Waals surface area contributed by atoms with Gasteiger partial charge >= 0.3 is 0 Å². The molecule has 32 heavy (non-hydrogen) atoms. The maximum absolute atomic E-state index is 2.64. The number of benzene rings is 4. The second-order valence-corrected chi connectivity index (χ2v) is 9.06. The third kappa shape index (κ3) is 6.36. The van der Waals surface area contributed by atoms with Crippen LogP contribution in [0.25, 0.3) is 32.3 Å². The molecule has 0 atom stereocenters. The number of hydrogen-bond acceptors (Lipinski definition) is 1. The molecule has 0 aliphatic heterocycles. The number of nitrogens with zero attached hydrogens (tertiary/aromatic N) is 1. The Morgan fingerprint density at radius 3 is 1.72 bits per heavy atom. The molecular weight excluding hydrogens is 385 g/mol. The van der Waals surface area contributed by atoms with E-state index in [-0.39, 0.29) is 0 Å². The normalized spacial score (nSPS) is 11.2. The molecule has 0 unspecified atom stereocenters. The van der Waals surface area contributed by atoms with Crippen molar-refractivity contribution in [2.75, 3.05) is 19.6 Å². The van der Waals surface area contributed by atoms with Crippen LogP contribution in [0.5, 0.6) is 0 Å². The highest BCUT2D eigenvalue weighted by Gasteiger charge is 2.04. The molecule has 0 aliphatic carbocycles. The number of hydrogen-bond donors (Lipinski definition) is 0. The molecule has 0 saturated heterocycles. The first-order valence-corrected chi connectivity index (χ1v) is 12.7. The summed E-state index contributed by atoms with van der Waals surface area (Å²) in [5, 5.41) is 8.00. The minimum absolute atomic E-state index is 1.31. The topological polar surface area (TPSA) is 3.24 Å². The standard InChI is InChI=1S/C18H13B.C12H27N/c19-17-7-3-6-12-8-9-15-10-13-4-1-2-5-14(13)11-16(15)18(12)17;1-4-7-10-13(11-8-5-2)12-9-6-3/h1-11H,19H2;4-12H2,1-3H3. The summed E-state index contributed by atoms with van der Waals surface area (Å²) in [4.78, 5) is 2.64. The van der Waals surface area contributed by atoms with Gasteiger partial charge in [-0.25, -0.2) is 0 Å². The van der Waals surface area contributed by atoms with Gasteiger partial charge in [0.2, 0.25) is 0 Å². The Labute approximate surface area is 196 Å². The van der Waals surface area contributed by atoms with Crippen molar-refractivity contribution in [2.45, 2.75) is 59.3 Å². The van der Waals surface area contributed by atoms with Crippen LogP contribution in [0.4, 0.5) is 0 Å². The van der Waals surface area contributed by atoms with E-state index in [0.29, 0.717) is 0 Å². The summed E-state index contributed by atoms with van der Waals surface area (Å²) in [7, 11) is 2.19. The third-order valence-corrected chi connectivity index (χ3v) is 6.42. The van der Waals surface area contributed by atoms with Crippen molar-refractivity contribution in [3.8, 4) is 0 Å². The van der Waals surface area contributed by atoms with E-state index in [0.717, 1.165) is 0 Å². The summed E-state index contributed by atoms with van der Waals surface area (Å²) in [5.41, 5.74) is 1.35. The SMILES string of the molecule is Bc1cccc2ccc3cc4ccccc4cc3c12.CCCCN(CCCC)CCCC. The average molecular weight is 425 g/mol. The highest BCUT2D eigenvalue weighted by Crippen LogP contribution is 2.28. The molecule has 4 aromatic carbocycles. The predicted octanol–water partition coefficient (Wildman–Crippen LogP) is 7.09. The van der Waals surface area contributed by atoms with Gasteiger partial charge in [-0.3, -0.25) is 0 Å². The Morgan fingerprint density at radius 1 is 0.594 bits per heavy atom. The summed E-state index contributed by atoms with van der Waals surface area (Å²) < 4.78 is 0. The summed E-state index contributed by atoms with van der Waals surface area (Å²) in [6.07, 6.45) is 8.09. The van der Waals surface area contributed by atoms with E-state index in [4.69, 9.17) is 0 Å². The monoisotopic (exact) mass is 425 g/mol. The maximum Gasteiger partial charge on any atom is 0.140 e. The Morgan fingerprint density at radius 2 is 1.12 bits per heavy atom. The van der Waals surface area contributed by atoms with Crippen LogP contribution in [0.1, 0.15) is 59.3 Å². The van der Waals surface area contributed by atoms with Crippen LogP contribution >= 0.6 is 0 Å². The lowest BCUT2D eigenvalue weighted by Crippen LogP contribution is -2.27. The quantitative estimate of drug-likeness (QED) is 0.157. The van der Waals surface area contributed by atoms with E-state index in [1.54, 1.807) is 0 Å². The van der Waals surface area contributed by atoms with Gasteiger partial charge in [0.1, 0.15) is 7.85 Å². The molecule has 168 valence electrons. The molecule has 0 fully saturated rings. The van der Waals surface area contributed by atoms with Crippen molar-refractivity contribution in [2.24, 2.45) is 0 Å². The minimum Gasteiger partial charge on any atom is -0.303 e. The molecule has 0 saturated carbocycles. The van der Waals surface area contributed by atoms with E-state index < -0.39 is 0 Å². The predicted molar refractivity (Wildman–Crippen MR) is 148 cm³/mol. The van der Waals surface area contributed by atoms with Gasteiger partial charge < -0.3 is 4.90 Å². The van der Waals surface area contributed by atoms with E-state index in [9.17, 15) is 0 Å². The zero-order chi connectivity index (χ0) is 22.8. The summed E-state index contributed by atoms with van der Waals surface area (Å²) in [5.74, 6) is 0. The molecule has 0 amide bonds. The first kappa shape index (κ1) is 24.3. The molecule has 1 nitrogen and oxygen atoms in total. The van der Waals surface area contributed by atoms with Gasteiger partial charge in [0, 0.05) is 0 Å². The Kier molecular flexibility index (Phi) is 9.62. The van der Waals surface area contributed by atoms with Gasteiger partial charge in [0.05, 0.1) is 0 Å². The lowest BCUT2D eigenvalue weighted by atomic mass is 9.87. The summed E-state index contributed by atoms with van der Waals surface area (Å²) in [6.45, 7) is 10.8. The smallest absolute Gasteiger partial charge is 0.140 e. The van der Waals surface area contributed by atoms with Crippen LogP contribution in [-0.4, -0.2) is 32.4 Å². The first-order chi connectivity index (χ1) is 15.7. The number of rotatable bonds is 9. The van der Waals surface area contributed by atoms with E-state index in [1.807, 2.05) is 0 Å². The summed E-state index contributed by atoms with van der Waals surface area (Å²) in [6, 6.07) is 24.1. The Balaban J connectivity index is 0.000000198. The zero-order valence-corrected chi connectivity index (χ0v) is 20.7. The van der Waals surface area contributed by atoms with Gasteiger partial charge in [-0.05, 0) is 83.3 Å². The molecule has 2 heteroatoms. The number of fused-ring (bicyclic) bond motifs is 4. The maximum atomic E-state index is 2.64. The molecule has 0 radical (unpaired) electrons. The molecule has 0 spiro atoms. The van der Waals surface area contributed by atoms with Gasteiger partial charge in [0.25, 0.3) is 0 Å². The molecule has 4 aromatic rings. The largest absolute Gasteiger partial charge is 0.303 e. The lowest BCUT2D eigenvalue weighted by Gasteiger charge is -2.21. The van der Waals surface area contributed by atoms with Gasteiger partial charge in [-0.15, -0.1) is 0 Å². The molecule has 4 rings (SSSR count). The van der Waals surface area contributed by atoms with Crippen LogP contribution in [-0.2, 0) is 0 Å². The van der Waals surface area contributed by atoms with Crippen molar-refractivity contribution in [1.29, 1.82) is 0 Å². The minimum atomic E-state index is 1.31. The Bertz CT molecular complexity index is 1100. The second kappa shape index (κ2) is 12.7. The fraction of sp³-hybridized carbons (Fsp3) is 0.400. The van der Waals surface area contributed by atoms with Crippen molar-refractivity contribution in [3.63, 3.8) is 0 Å². The van der Waals surface area contributed by atoms with E-state index in [2.05, 4.69) is 100 Å². The molecule has 0 bridgehead atoms. The molecule has 0 N–H and O–H groups in total. The molecular formula is C30H40BN. The van der Waals surface area contributed by atoms with Gasteiger partial charge in [0.15, 0.2) is 0 Å². The highest BCUT2D eigenvalue weighted by atomic mass is 15.1. The lowest BCUT2D eigenvalue weighted by molar-refractivity contribution is 0.261. The second-order valence-electron chi connectivity index (χ2n) is 9.06. The first-order valence-electron chi connectivity index (χ1n) is 12.7. The van der Waals surface area contributed by atoms with Gasteiger partial charge in [-0.2, -0.15) is 0 Å². The van der Waals surface area contributed by atoms with Crippen molar-refractivity contribution >= 4 is 45.6 Å². The summed E-state index contributed by atoms with van der Waals surface area (Å²) >= 11 is 0. The fourth-order valence-electron chi connectivity index (χ4n) is 4.47. The highest BCUT2D eigenvalue weighted by molar-refractivity contribution is 6.41. The molecule has 0 aliphatic rings.